The first-order valence-electron chi connectivity index (χ1n) is 8.21. The van der Waals surface area contributed by atoms with Crippen molar-refractivity contribution in [1.82, 2.24) is 4.90 Å². The first-order valence-corrected chi connectivity index (χ1v) is 8.21. The van der Waals surface area contributed by atoms with E-state index in [1.165, 1.54) is 0 Å². The molecule has 2 N–H and O–H groups in total. The number of carbonyl (C=O) groups is 2. The highest BCUT2D eigenvalue weighted by Crippen LogP contribution is 2.31. The maximum Gasteiger partial charge on any atom is 0.414 e. The third-order valence-electron chi connectivity index (χ3n) is 3.26. The fourth-order valence-corrected chi connectivity index (χ4v) is 2.10. The fourth-order valence-electron chi connectivity index (χ4n) is 2.10. The van der Waals surface area contributed by atoms with Crippen LogP contribution in [-0.4, -0.2) is 60.4 Å². The third kappa shape index (κ3) is 9.86. The van der Waals surface area contributed by atoms with E-state index in [0.29, 0.717) is 6.61 Å². The predicted octanol–water partition coefficient (Wildman–Crippen LogP) is 2.63. The van der Waals surface area contributed by atoms with Gasteiger partial charge in [0.25, 0.3) is 0 Å². The number of carboxylic acid groups (broad SMARTS) is 2. The number of methoxy groups -OCH3 is 1. The van der Waals surface area contributed by atoms with Gasteiger partial charge in [-0.2, -0.15) is 0 Å². The molecule has 1 aromatic rings. The molecule has 27 heavy (non-hydrogen) atoms. The molecule has 7 nitrogen and oxygen atoms in total. The van der Waals surface area contributed by atoms with Crippen LogP contribution < -0.4 is 9.47 Å². The van der Waals surface area contributed by atoms with Gasteiger partial charge < -0.3 is 19.7 Å². The molecule has 1 rings (SSSR count). The highest BCUT2D eigenvalue weighted by Gasteiger charge is 2.10. The number of aliphatic carboxylic acids is 2. The van der Waals surface area contributed by atoms with Gasteiger partial charge in [0, 0.05) is 25.2 Å². The molecule has 0 saturated heterocycles. The summed E-state index contributed by atoms with van der Waals surface area (Å²) < 4.78 is 11.3. The molecule has 0 saturated carbocycles. The van der Waals surface area contributed by atoms with Gasteiger partial charge in [0.2, 0.25) is 0 Å². The van der Waals surface area contributed by atoms with Crippen molar-refractivity contribution in [1.29, 1.82) is 0 Å². The zero-order chi connectivity index (χ0) is 20.7. The summed E-state index contributed by atoms with van der Waals surface area (Å²) in [7, 11) is 1.65. The van der Waals surface area contributed by atoms with Gasteiger partial charge in [-0.1, -0.05) is 30.4 Å². The molecule has 0 amide bonds. The lowest BCUT2D eigenvalue weighted by atomic mass is 10.1. The normalized spacial score (nSPS) is 9.56. The summed E-state index contributed by atoms with van der Waals surface area (Å²) in [4.78, 5) is 20.4. The quantitative estimate of drug-likeness (QED) is 0.452. The van der Waals surface area contributed by atoms with Crippen LogP contribution in [0.3, 0.4) is 0 Å². The molecule has 0 radical (unpaired) electrons. The zero-order valence-corrected chi connectivity index (χ0v) is 15.6. The maximum atomic E-state index is 9.10. The topological polar surface area (TPSA) is 96.3 Å². The van der Waals surface area contributed by atoms with Crippen LogP contribution in [-0.2, 0) is 16.0 Å². The van der Waals surface area contributed by atoms with Crippen molar-refractivity contribution in [2.24, 2.45) is 0 Å². The third-order valence-corrected chi connectivity index (χ3v) is 3.26. The molecule has 0 atom stereocenters. The summed E-state index contributed by atoms with van der Waals surface area (Å²) >= 11 is 0. The second-order valence-electron chi connectivity index (χ2n) is 5.24. The van der Waals surface area contributed by atoms with Gasteiger partial charge in [-0.25, -0.2) is 9.59 Å². The summed E-state index contributed by atoms with van der Waals surface area (Å²) in [6.07, 6.45) is 6.39. The first-order chi connectivity index (χ1) is 12.9. The second-order valence-corrected chi connectivity index (χ2v) is 5.24. The highest BCUT2D eigenvalue weighted by atomic mass is 16.5. The Morgan fingerprint density at radius 2 is 1.67 bits per heavy atom. The number of hydrogen-bond donors (Lipinski definition) is 2. The van der Waals surface area contributed by atoms with E-state index in [9.17, 15) is 0 Å². The Morgan fingerprint density at radius 1 is 1.07 bits per heavy atom. The minimum Gasteiger partial charge on any atom is -0.493 e. The Morgan fingerprint density at radius 3 is 2.11 bits per heavy atom. The smallest absolute Gasteiger partial charge is 0.414 e. The molecule has 1 aromatic carbocycles. The standard InChI is InChI=1S/C18H25NO2.C2H2O4/c1-5-9-16-10-8-11-17(20-4)18(16)21-15-14-19(12-6-2)13-7-3;3-1(4)2(5)6/h5-8,10-11H,1-3,9,12-15H2,4H3;(H,3,4)(H,5,6). The second kappa shape index (κ2) is 14.1. The average Bonchev–Trinajstić information content (AvgIpc) is 2.63. The van der Waals surface area contributed by atoms with Gasteiger partial charge in [-0.05, 0) is 12.5 Å². The number of carboxylic acids is 2. The van der Waals surface area contributed by atoms with Crippen molar-refractivity contribution in [2.75, 3.05) is 33.4 Å². The van der Waals surface area contributed by atoms with Crippen LogP contribution in [0.1, 0.15) is 5.56 Å². The number of allylic oxidation sites excluding steroid dienone is 1. The van der Waals surface area contributed by atoms with Crippen LogP contribution in [0.4, 0.5) is 0 Å². The summed E-state index contributed by atoms with van der Waals surface area (Å²) in [6, 6.07) is 5.91. The molecule has 0 unspecified atom stereocenters. The van der Waals surface area contributed by atoms with E-state index < -0.39 is 11.9 Å². The van der Waals surface area contributed by atoms with Crippen LogP contribution in [0.15, 0.2) is 56.2 Å². The van der Waals surface area contributed by atoms with Gasteiger partial charge in [0.1, 0.15) is 6.61 Å². The SMILES string of the molecule is C=CCc1cccc(OC)c1OCCN(CC=C)CC=C.O=C(O)C(=O)O. The van der Waals surface area contributed by atoms with E-state index in [2.05, 4.69) is 24.6 Å². The Kier molecular flexibility index (Phi) is 12.5. The van der Waals surface area contributed by atoms with Gasteiger partial charge in [-0.15, -0.1) is 19.7 Å². The minimum absolute atomic E-state index is 0.589. The molecule has 0 fully saturated rings. The van der Waals surface area contributed by atoms with Gasteiger partial charge in [-0.3, -0.25) is 4.90 Å². The van der Waals surface area contributed by atoms with E-state index >= 15 is 0 Å². The number of hydrogen-bond acceptors (Lipinski definition) is 5. The van der Waals surface area contributed by atoms with Crippen molar-refractivity contribution < 1.29 is 29.3 Å². The van der Waals surface area contributed by atoms with E-state index in [1.807, 2.05) is 36.4 Å². The monoisotopic (exact) mass is 377 g/mol. The summed E-state index contributed by atoms with van der Waals surface area (Å²) in [6.45, 7) is 14.4. The minimum atomic E-state index is -1.82. The van der Waals surface area contributed by atoms with Gasteiger partial charge in [0.15, 0.2) is 11.5 Å². The maximum absolute atomic E-state index is 9.10. The van der Waals surface area contributed by atoms with E-state index in [1.54, 1.807) is 7.11 Å². The van der Waals surface area contributed by atoms with Gasteiger partial charge >= 0.3 is 11.9 Å². The number of nitrogens with zero attached hydrogens (tertiary/aromatic N) is 1. The molecule has 0 aliphatic heterocycles. The Hall–Kier alpha value is -3.06. The Labute approximate surface area is 159 Å². The average molecular weight is 377 g/mol. The Bertz CT molecular complexity index is 619. The molecule has 0 aromatic heterocycles. The Balaban J connectivity index is 0.000000972. The molecule has 0 aliphatic carbocycles. The van der Waals surface area contributed by atoms with Crippen molar-refractivity contribution in [3.05, 3.63) is 61.7 Å². The lowest BCUT2D eigenvalue weighted by Gasteiger charge is -2.20. The van der Waals surface area contributed by atoms with Crippen LogP contribution >= 0.6 is 0 Å². The summed E-state index contributed by atoms with van der Waals surface area (Å²) in [5, 5.41) is 14.8. The van der Waals surface area contributed by atoms with Gasteiger partial charge in [0.05, 0.1) is 7.11 Å². The number of para-hydroxylation sites is 1. The lowest BCUT2D eigenvalue weighted by molar-refractivity contribution is -0.159. The van der Waals surface area contributed by atoms with E-state index in [-0.39, 0.29) is 0 Å². The van der Waals surface area contributed by atoms with Crippen molar-refractivity contribution in [3.63, 3.8) is 0 Å². The van der Waals surface area contributed by atoms with Crippen LogP contribution in [0.25, 0.3) is 0 Å². The zero-order valence-electron chi connectivity index (χ0n) is 15.6. The van der Waals surface area contributed by atoms with Crippen LogP contribution in [0.2, 0.25) is 0 Å². The van der Waals surface area contributed by atoms with E-state index in [0.717, 1.165) is 43.1 Å². The molecule has 0 spiro atoms. The predicted molar refractivity (Wildman–Crippen MR) is 104 cm³/mol. The molecule has 0 bridgehead atoms. The molecule has 0 aliphatic rings. The number of ether oxygens (including phenoxy) is 2. The highest BCUT2D eigenvalue weighted by molar-refractivity contribution is 6.27. The molecule has 7 heteroatoms. The van der Waals surface area contributed by atoms with Crippen molar-refractivity contribution in [3.8, 4) is 11.5 Å². The lowest BCUT2D eigenvalue weighted by Crippen LogP contribution is -2.29. The fraction of sp³-hybridized carbons (Fsp3) is 0.300. The summed E-state index contributed by atoms with van der Waals surface area (Å²) in [5.41, 5.74) is 1.09. The largest absolute Gasteiger partial charge is 0.493 e. The van der Waals surface area contributed by atoms with Crippen molar-refractivity contribution in [2.45, 2.75) is 6.42 Å². The van der Waals surface area contributed by atoms with E-state index in [4.69, 9.17) is 29.3 Å². The molecule has 148 valence electrons. The van der Waals surface area contributed by atoms with Crippen LogP contribution in [0.5, 0.6) is 11.5 Å². The first kappa shape index (κ1) is 23.9. The van der Waals surface area contributed by atoms with Crippen molar-refractivity contribution >= 4 is 11.9 Å². The molecule has 0 heterocycles. The summed E-state index contributed by atoms with van der Waals surface area (Å²) in [5.74, 6) is -2.09. The van der Waals surface area contributed by atoms with Crippen LogP contribution in [0, 0.1) is 0 Å². The number of benzene rings is 1. The molecular weight excluding hydrogens is 350 g/mol. The number of rotatable bonds is 11. The molecular formula is C20H27NO6.